The van der Waals surface area contributed by atoms with E-state index in [0.29, 0.717) is 11.5 Å². The molecule has 1 aliphatic carbocycles. The molecule has 1 N–H and O–H groups in total. The molecule has 2 aromatic carbocycles. The van der Waals surface area contributed by atoms with E-state index in [9.17, 15) is 9.18 Å². The van der Waals surface area contributed by atoms with E-state index in [-0.39, 0.29) is 23.9 Å². The Hall–Kier alpha value is -2.89. The van der Waals surface area contributed by atoms with Crippen LogP contribution in [0.3, 0.4) is 0 Å². The van der Waals surface area contributed by atoms with Crippen molar-refractivity contribution in [3.63, 3.8) is 0 Å². The monoisotopic (exact) mass is 407 g/mol. The number of oxazole rings is 1. The molecule has 0 bridgehead atoms. The fraction of sp³-hybridized carbons (Fsp3) is 0.417. The van der Waals surface area contributed by atoms with Gasteiger partial charge in [0.25, 0.3) is 0 Å². The summed E-state index contributed by atoms with van der Waals surface area (Å²) in [5.41, 5.74) is 3.35. The van der Waals surface area contributed by atoms with Crippen LogP contribution in [0.5, 0.6) is 0 Å². The van der Waals surface area contributed by atoms with Gasteiger partial charge in [-0.25, -0.2) is 14.2 Å². The lowest BCUT2D eigenvalue weighted by Crippen LogP contribution is -2.45. The first-order chi connectivity index (χ1) is 14.7. The smallest absolute Gasteiger partial charge is 0.318 e. The molecular formula is C24H26FN3O2. The zero-order valence-corrected chi connectivity index (χ0v) is 16.9. The van der Waals surface area contributed by atoms with E-state index < -0.39 is 0 Å². The van der Waals surface area contributed by atoms with Gasteiger partial charge in [0, 0.05) is 12.6 Å². The number of urea groups is 1. The van der Waals surface area contributed by atoms with Crippen LogP contribution in [0.4, 0.5) is 9.18 Å². The standard InChI is InChI=1S/C24H26FN3O2/c25-18-11-8-16(9-12-18)17-10-13-22-20(15-17)27-23(30-22)21-7-4-14-28(21)24(29)26-19-5-2-1-3-6-19/h8-13,15,19,21H,1-7,14H2,(H,26,29)/t21-/m1/s1. The first kappa shape index (κ1) is 19.1. The highest BCUT2D eigenvalue weighted by Gasteiger charge is 2.34. The number of aromatic nitrogens is 1. The van der Waals surface area contributed by atoms with E-state index in [0.717, 1.165) is 48.9 Å². The van der Waals surface area contributed by atoms with Gasteiger partial charge in [-0.2, -0.15) is 0 Å². The minimum absolute atomic E-state index is 0.00124. The Labute approximate surface area is 175 Å². The Balaban J connectivity index is 1.36. The van der Waals surface area contributed by atoms with E-state index in [1.54, 1.807) is 12.1 Å². The average Bonchev–Trinajstić information content (AvgIpc) is 3.41. The number of halogens is 1. The molecule has 2 amide bonds. The minimum Gasteiger partial charge on any atom is -0.438 e. The Morgan fingerprint density at radius 3 is 2.57 bits per heavy atom. The molecule has 30 heavy (non-hydrogen) atoms. The van der Waals surface area contributed by atoms with Crippen LogP contribution in [0, 0.1) is 5.82 Å². The molecule has 5 nitrogen and oxygen atoms in total. The minimum atomic E-state index is -0.253. The molecule has 5 rings (SSSR count). The molecule has 0 spiro atoms. The zero-order chi connectivity index (χ0) is 20.5. The third-order valence-corrected chi connectivity index (χ3v) is 6.31. The fourth-order valence-corrected chi connectivity index (χ4v) is 4.68. The molecule has 156 valence electrons. The van der Waals surface area contributed by atoms with Crippen molar-refractivity contribution in [3.05, 3.63) is 54.2 Å². The molecule has 2 fully saturated rings. The number of benzene rings is 2. The van der Waals surface area contributed by atoms with Crippen molar-refractivity contribution in [1.82, 2.24) is 15.2 Å². The van der Waals surface area contributed by atoms with Crippen LogP contribution in [-0.2, 0) is 0 Å². The van der Waals surface area contributed by atoms with Crippen molar-refractivity contribution >= 4 is 17.1 Å². The van der Waals surface area contributed by atoms with Gasteiger partial charge in [-0.15, -0.1) is 0 Å². The summed E-state index contributed by atoms with van der Waals surface area (Å²) in [6.45, 7) is 0.725. The summed E-state index contributed by atoms with van der Waals surface area (Å²) < 4.78 is 19.3. The van der Waals surface area contributed by atoms with Crippen LogP contribution in [0.1, 0.15) is 56.9 Å². The lowest BCUT2D eigenvalue weighted by molar-refractivity contribution is 0.178. The maximum Gasteiger partial charge on any atom is 0.318 e. The van der Waals surface area contributed by atoms with Crippen LogP contribution in [0.25, 0.3) is 22.2 Å². The zero-order valence-electron chi connectivity index (χ0n) is 16.9. The van der Waals surface area contributed by atoms with Crippen molar-refractivity contribution in [2.24, 2.45) is 0 Å². The van der Waals surface area contributed by atoms with Crippen LogP contribution in [-0.4, -0.2) is 28.5 Å². The number of nitrogens with zero attached hydrogens (tertiary/aromatic N) is 2. The number of amides is 2. The third kappa shape index (κ3) is 3.78. The highest BCUT2D eigenvalue weighted by Crippen LogP contribution is 2.34. The third-order valence-electron chi connectivity index (χ3n) is 6.31. The van der Waals surface area contributed by atoms with Gasteiger partial charge in [0.05, 0.1) is 0 Å². The first-order valence-electron chi connectivity index (χ1n) is 10.9. The number of hydrogen-bond acceptors (Lipinski definition) is 3. The summed E-state index contributed by atoms with van der Waals surface area (Å²) in [4.78, 5) is 19.5. The predicted molar refractivity (Wildman–Crippen MR) is 113 cm³/mol. The van der Waals surface area contributed by atoms with E-state index in [4.69, 9.17) is 9.40 Å². The molecule has 3 aromatic rings. The highest BCUT2D eigenvalue weighted by atomic mass is 19.1. The summed E-state index contributed by atoms with van der Waals surface area (Å²) in [5, 5.41) is 3.22. The summed E-state index contributed by atoms with van der Waals surface area (Å²) in [7, 11) is 0. The predicted octanol–water partition coefficient (Wildman–Crippen LogP) is 5.81. The molecule has 2 heterocycles. The van der Waals surface area contributed by atoms with Gasteiger partial charge in [-0.05, 0) is 61.1 Å². The molecule has 1 atom stereocenters. The molecule has 1 saturated carbocycles. The SMILES string of the molecule is O=C(NC1CCCCC1)N1CCC[C@@H]1c1nc2cc(-c3ccc(F)cc3)ccc2o1. The van der Waals surface area contributed by atoms with Crippen molar-refractivity contribution in [2.45, 2.75) is 57.0 Å². The van der Waals surface area contributed by atoms with Crippen molar-refractivity contribution in [1.29, 1.82) is 0 Å². The largest absolute Gasteiger partial charge is 0.438 e. The summed E-state index contributed by atoms with van der Waals surface area (Å²) in [5.74, 6) is 0.342. The van der Waals surface area contributed by atoms with Crippen molar-refractivity contribution in [2.75, 3.05) is 6.54 Å². The van der Waals surface area contributed by atoms with Gasteiger partial charge in [-0.1, -0.05) is 37.5 Å². The topological polar surface area (TPSA) is 58.4 Å². The van der Waals surface area contributed by atoms with Crippen LogP contribution >= 0.6 is 0 Å². The first-order valence-corrected chi connectivity index (χ1v) is 10.9. The van der Waals surface area contributed by atoms with Gasteiger partial charge < -0.3 is 14.6 Å². The second-order valence-corrected chi connectivity index (χ2v) is 8.38. The molecular weight excluding hydrogens is 381 g/mol. The van der Waals surface area contributed by atoms with Gasteiger partial charge in [0.2, 0.25) is 5.89 Å². The highest BCUT2D eigenvalue weighted by molar-refractivity contribution is 5.80. The normalized spacial score (nSPS) is 20.0. The quantitative estimate of drug-likeness (QED) is 0.596. The number of fused-ring (bicyclic) bond motifs is 1. The second-order valence-electron chi connectivity index (χ2n) is 8.38. The Bertz CT molecular complexity index is 1040. The lowest BCUT2D eigenvalue weighted by Gasteiger charge is -2.28. The van der Waals surface area contributed by atoms with E-state index >= 15 is 0 Å². The van der Waals surface area contributed by atoms with Crippen molar-refractivity contribution < 1.29 is 13.6 Å². The van der Waals surface area contributed by atoms with Gasteiger partial charge >= 0.3 is 6.03 Å². The molecule has 1 saturated heterocycles. The number of hydrogen-bond donors (Lipinski definition) is 1. The second kappa shape index (κ2) is 8.09. The van der Waals surface area contributed by atoms with Gasteiger partial charge in [-0.3, -0.25) is 0 Å². The van der Waals surface area contributed by atoms with Crippen LogP contribution < -0.4 is 5.32 Å². The summed E-state index contributed by atoms with van der Waals surface area (Å²) in [6.07, 6.45) is 7.59. The Morgan fingerprint density at radius 1 is 1.00 bits per heavy atom. The fourth-order valence-electron chi connectivity index (χ4n) is 4.68. The Morgan fingerprint density at radius 2 is 1.77 bits per heavy atom. The van der Waals surface area contributed by atoms with E-state index in [2.05, 4.69) is 5.32 Å². The number of carbonyl (C=O) groups excluding carboxylic acids is 1. The summed E-state index contributed by atoms with van der Waals surface area (Å²) in [6, 6.07) is 12.4. The molecule has 1 aromatic heterocycles. The van der Waals surface area contributed by atoms with E-state index in [1.807, 2.05) is 23.1 Å². The average molecular weight is 407 g/mol. The molecule has 6 heteroatoms. The van der Waals surface area contributed by atoms with Gasteiger partial charge in [0.15, 0.2) is 5.58 Å². The van der Waals surface area contributed by atoms with E-state index in [1.165, 1.54) is 31.4 Å². The van der Waals surface area contributed by atoms with Crippen LogP contribution in [0.2, 0.25) is 0 Å². The summed E-state index contributed by atoms with van der Waals surface area (Å²) >= 11 is 0. The number of nitrogens with one attached hydrogen (secondary N) is 1. The van der Waals surface area contributed by atoms with Gasteiger partial charge in [0.1, 0.15) is 17.4 Å². The van der Waals surface area contributed by atoms with Crippen LogP contribution in [0.15, 0.2) is 46.9 Å². The lowest BCUT2D eigenvalue weighted by atomic mass is 9.96. The number of likely N-dealkylation sites (tertiary alicyclic amines) is 1. The molecule has 0 unspecified atom stereocenters. The molecule has 1 aliphatic heterocycles. The van der Waals surface area contributed by atoms with Crippen molar-refractivity contribution in [3.8, 4) is 11.1 Å². The molecule has 0 radical (unpaired) electrons. The number of rotatable bonds is 3. The number of carbonyl (C=O) groups is 1. The maximum absolute atomic E-state index is 13.2. The molecule has 2 aliphatic rings. The Kier molecular flexibility index (Phi) is 5.15. The maximum atomic E-state index is 13.2.